The maximum atomic E-state index is 11.8. The first-order valence-electron chi connectivity index (χ1n) is 6.90. The summed E-state index contributed by atoms with van der Waals surface area (Å²) in [7, 11) is 0. The van der Waals surface area contributed by atoms with Crippen molar-refractivity contribution in [3.05, 3.63) is 23.8 Å². The van der Waals surface area contributed by atoms with Gasteiger partial charge in [-0.2, -0.15) is 0 Å². The molecule has 0 saturated heterocycles. The van der Waals surface area contributed by atoms with Crippen LogP contribution >= 0.6 is 0 Å². The summed E-state index contributed by atoms with van der Waals surface area (Å²) in [6, 6.07) is 5.70. The number of nitrogens with two attached hydrogens (primary N) is 1. The monoisotopic (exact) mass is 264 g/mol. The zero-order valence-corrected chi connectivity index (χ0v) is 11.9. The van der Waals surface area contributed by atoms with Crippen molar-refractivity contribution in [1.82, 2.24) is 0 Å². The van der Waals surface area contributed by atoms with Crippen molar-refractivity contribution >= 4 is 11.6 Å². The minimum Gasteiger partial charge on any atom is -0.494 e. The number of carbonyl (C=O) groups excluding carboxylic acids is 1. The first kappa shape index (κ1) is 15.5. The third-order valence-electron chi connectivity index (χ3n) is 2.89. The van der Waals surface area contributed by atoms with E-state index in [1.165, 1.54) is 0 Å². The second-order valence-electron chi connectivity index (χ2n) is 4.56. The minimum absolute atomic E-state index is 0.0595. The number of amides is 1. The van der Waals surface area contributed by atoms with Crippen LogP contribution in [0.15, 0.2) is 18.2 Å². The van der Waals surface area contributed by atoms with Gasteiger partial charge in [-0.3, -0.25) is 4.79 Å². The van der Waals surface area contributed by atoms with Crippen LogP contribution < -0.4 is 15.8 Å². The summed E-state index contributed by atoms with van der Waals surface area (Å²) < 4.78 is 5.41. The quantitative estimate of drug-likeness (QED) is 0.710. The van der Waals surface area contributed by atoms with Crippen LogP contribution in [0, 0.1) is 6.92 Å². The van der Waals surface area contributed by atoms with Crippen LogP contribution in [0.2, 0.25) is 0 Å². The van der Waals surface area contributed by atoms with Crippen LogP contribution in [0.25, 0.3) is 0 Å². The van der Waals surface area contributed by atoms with Gasteiger partial charge in [-0.05, 0) is 57.0 Å². The van der Waals surface area contributed by atoms with E-state index in [9.17, 15) is 4.79 Å². The molecule has 106 valence electrons. The normalized spacial score (nSPS) is 10.3. The molecule has 0 aliphatic carbocycles. The molecule has 1 aromatic carbocycles. The molecule has 0 saturated carbocycles. The maximum absolute atomic E-state index is 11.8. The Labute approximate surface area is 115 Å². The van der Waals surface area contributed by atoms with Crippen LogP contribution in [-0.2, 0) is 4.79 Å². The summed E-state index contributed by atoms with van der Waals surface area (Å²) in [6.45, 7) is 5.25. The van der Waals surface area contributed by atoms with Gasteiger partial charge < -0.3 is 15.8 Å². The molecule has 0 aliphatic rings. The summed E-state index contributed by atoms with van der Waals surface area (Å²) in [6.07, 6.45) is 3.42. The average molecular weight is 264 g/mol. The summed E-state index contributed by atoms with van der Waals surface area (Å²) in [5.74, 6) is 0.894. The molecule has 4 heteroatoms. The fourth-order valence-corrected chi connectivity index (χ4v) is 1.85. The summed E-state index contributed by atoms with van der Waals surface area (Å²) in [5, 5.41) is 2.93. The highest BCUT2D eigenvalue weighted by atomic mass is 16.5. The molecule has 4 nitrogen and oxygen atoms in total. The van der Waals surface area contributed by atoms with Gasteiger partial charge in [0.25, 0.3) is 0 Å². The second-order valence-corrected chi connectivity index (χ2v) is 4.56. The highest BCUT2D eigenvalue weighted by molar-refractivity contribution is 5.91. The molecule has 0 bridgehead atoms. The standard InChI is InChI=1S/C15H24N2O2/c1-3-19-13-8-9-14(12(2)11-13)17-15(18)7-5-4-6-10-16/h8-9,11H,3-7,10,16H2,1-2H3,(H,17,18). The Morgan fingerprint density at radius 3 is 2.74 bits per heavy atom. The van der Waals surface area contributed by atoms with Crippen molar-refractivity contribution in [3.63, 3.8) is 0 Å². The van der Waals surface area contributed by atoms with E-state index >= 15 is 0 Å². The molecule has 1 amide bonds. The van der Waals surface area contributed by atoms with E-state index in [0.717, 1.165) is 36.3 Å². The van der Waals surface area contributed by atoms with E-state index in [0.29, 0.717) is 19.6 Å². The largest absolute Gasteiger partial charge is 0.494 e. The van der Waals surface area contributed by atoms with Gasteiger partial charge in [-0.1, -0.05) is 6.42 Å². The van der Waals surface area contributed by atoms with Gasteiger partial charge in [0.15, 0.2) is 0 Å². The highest BCUT2D eigenvalue weighted by Crippen LogP contribution is 2.21. The number of anilines is 1. The molecule has 1 aromatic rings. The van der Waals surface area contributed by atoms with E-state index in [-0.39, 0.29) is 5.91 Å². The van der Waals surface area contributed by atoms with Gasteiger partial charge in [0, 0.05) is 12.1 Å². The maximum Gasteiger partial charge on any atom is 0.224 e. The number of rotatable bonds is 8. The summed E-state index contributed by atoms with van der Waals surface area (Å²) in [5.41, 5.74) is 7.28. The molecule has 1 rings (SSSR count). The lowest BCUT2D eigenvalue weighted by atomic mass is 10.1. The molecule has 0 aliphatic heterocycles. The topological polar surface area (TPSA) is 64.3 Å². The van der Waals surface area contributed by atoms with Crippen molar-refractivity contribution in [3.8, 4) is 5.75 Å². The Morgan fingerprint density at radius 1 is 1.32 bits per heavy atom. The number of hydrogen-bond donors (Lipinski definition) is 2. The zero-order valence-electron chi connectivity index (χ0n) is 11.9. The van der Waals surface area contributed by atoms with Crippen LogP contribution in [0.4, 0.5) is 5.69 Å². The summed E-state index contributed by atoms with van der Waals surface area (Å²) in [4.78, 5) is 11.8. The van der Waals surface area contributed by atoms with Crippen LogP contribution in [0.5, 0.6) is 5.75 Å². The Balaban J connectivity index is 2.45. The highest BCUT2D eigenvalue weighted by Gasteiger charge is 2.05. The van der Waals surface area contributed by atoms with Gasteiger partial charge in [0.05, 0.1) is 6.61 Å². The molecule has 0 heterocycles. The molecule has 0 fully saturated rings. The molecule has 19 heavy (non-hydrogen) atoms. The third kappa shape index (κ3) is 5.75. The van der Waals surface area contributed by atoms with Crippen LogP contribution in [0.1, 0.15) is 38.2 Å². The van der Waals surface area contributed by atoms with E-state index in [1.54, 1.807) is 0 Å². The fourth-order valence-electron chi connectivity index (χ4n) is 1.85. The van der Waals surface area contributed by atoms with E-state index in [1.807, 2.05) is 32.0 Å². The number of ether oxygens (including phenoxy) is 1. The predicted octanol–water partition coefficient (Wildman–Crippen LogP) is 2.85. The van der Waals surface area contributed by atoms with E-state index in [4.69, 9.17) is 10.5 Å². The predicted molar refractivity (Wildman–Crippen MR) is 78.5 cm³/mol. The minimum atomic E-state index is 0.0595. The number of carbonyl (C=O) groups is 1. The smallest absolute Gasteiger partial charge is 0.224 e. The molecule has 3 N–H and O–H groups in total. The van der Waals surface area contributed by atoms with Gasteiger partial charge in [0.1, 0.15) is 5.75 Å². The van der Waals surface area contributed by atoms with Crippen molar-refractivity contribution in [2.75, 3.05) is 18.5 Å². The zero-order chi connectivity index (χ0) is 14.1. The number of aryl methyl sites for hydroxylation is 1. The number of benzene rings is 1. The molecular weight excluding hydrogens is 240 g/mol. The molecular formula is C15H24N2O2. The molecule has 0 radical (unpaired) electrons. The van der Waals surface area contributed by atoms with E-state index < -0.39 is 0 Å². The lowest BCUT2D eigenvalue weighted by Gasteiger charge is -2.10. The van der Waals surface area contributed by atoms with Gasteiger partial charge in [-0.25, -0.2) is 0 Å². The first-order valence-corrected chi connectivity index (χ1v) is 6.90. The van der Waals surface area contributed by atoms with Crippen molar-refractivity contribution in [2.45, 2.75) is 39.5 Å². The van der Waals surface area contributed by atoms with Gasteiger partial charge >= 0.3 is 0 Å². The average Bonchev–Trinajstić information content (AvgIpc) is 2.38. The number of unbranched alkanes of at least 4 members (excludes halogenated alkanes) is 2. The van der Waals surface area contributed by atoms with Crippen molar-refractivity contribution in [2.24, 2.45) is 5.73 Å². The van der Waals surface area contributed by atoms with Crippen LogP contribution in [-0.4, -0.2) is 19.1 Å². The SMILES string of the molecule is CCOc1ccc(NC(=O)CCCCCN)c(C)c1. The third-order valence-corrected chi connectivity index (χ3v) is 2.89. The Morgan fingerprint density at radius 2 is 2.11 bits per heavy atom. The lowest BCUT2D eigenvalue weighted by Crippen LogP contribution is -2.12. The first-order chi connectivity index (χ1) is 9.17. The van der Waals surface area contributed by atoms with Gasteiger partial charge in [0.2, 0.25) is 5.91 Å². The number of nitrogens with one attached hydrogen (secondary N) is 1. The van der Waals surface area contributed by atoms with Crippen molar-refractivity contribution < 1.29 is 9.53 Å². The second kappa shape index (κ2) is 8.53. The van der Waals surface area contributed by atoms with Gasteiger partial charge in [-0.15, -0.1) is 0 Å². The fraction of sp³-hybridized carbons (Fsp3) is 0.533. The lowest BCUT2D eigenvalue weighted by molar-refractivity contribution is -0.116. The molecule has 0 aromatic heterocycles. The molecule has 0 atom stereocenters. The molecule has 0 unspecified atom stereocenters. The Kier molecular flexibility index (Phi) is 6.97. The van der Waals surface area contributed by atoms with E-state index in [2.05, 4.69) is 5.32 Å². The molecule has 0 spiro atoms. The number of hydrogen-bond acceptors (Lipinski definition) is 3. The summed E-state index contributed by atoms with van der Waals surface area (Å²) >= 11 is 0. The Hall–Kier alpha value is -1.55. The Bertz CT molecular complexity index is 405. The van der Waals surface area contributed by atoms with Crippen molar-refractivity contribution in [1.29, 1.82) is 0 Å². The van der Waals surface area contributed by atoms with Crippen LogP contribution in [0.3, 0.4) is 0 Å².